The fraction of sp³-hybridized carbons (Fsp3) is 0.657. The molecule has 0 heteroatoms. The molecule has 0 saturated carbocycles. The van der Waals surface area contributed by atoms with Gasteiger partial charge in [0.2, 0.25) is 0 Å². The fourth-order valence-corrected chi connectivity index (χ4v) is 4.98. The summed E-state index contributed by atoms with van der Waals surface area (Å²) in [6.07, 6.45) is 0. The summed E-state index contributed by atoms with van der Waals surface area (Å²) in [6.45, 7) is 40.3. The molecule has 0 aliphatic rings. The van der Waals surface area contributed by atoms with Gasteiger partial charge in [0.25, 0.3) is 0 Å². The SMILES string of the molecule is CC(C)(C)c1cc(C(C)(C)C)cc(C(C)(C)c2cc(C(C)(C)C)cc(C(C)(C)C)c2C(C)(C)C)c1. The maximum Gasteiger partial charge on any atom is 0.0149 e. The predicted molar refractivity (Wildman–Crippen MR) is 159 cm³/mol. The van der Waals surface area contributed by atoms with Crippen LogP contribution in [-0.4, -0.2) is 0 Å². The van der Waals surface area contributed by atoms with Crippen molar-refractivity contribution in [3.63, 3.8) is 0 Å². The molecule has 0 aliphatic carbocycles. The number of hydrogen-bond acceptors (Lipinski definition) is 0. The van der Waals surface area contributed by atoms with Crippen molar-refractivity contribution in [1.82, 2.24) is 0 Å². The van der Waals surface area contributed by atoms with Gasteiger partial charge >= 0.3 is 0 Å². The molecular formula is C35H56. The average molecular weight is 477 g/mol. The molecular weight excluding hydrogens is 420 g/mol. The summed E-state index contributed by atoms with van der Waals surface area (Å²) in [7, 11) is 0. The van der Waals surface area contributed by atoms with E-state index in [1.165, 1.54) is 38.9 Å². The molecule has 35 heavy (non-hydrogen) atoms. The Labute approximate surface area is 219 Å². The van der Waals surface area contributed by atoms with Gasteiger partial charge in [-0.3, -0.25) is 0 Å². The first-order chi connectivity index (χ1) is 15.3. The van der Waals surface area contributed by atoms with Gasteiger partial charge in [-0.05, 0) is 66.0 Å². The van der Waals surface area contributed by atoms with Crippen LogP contribution in [0.15, 0.2) is 30.3 Å². The predicted octanol–water partition coefficient (Wildman–Crippen LogP) is 10.5. The van der Waals surface area contributed by atoms with E-state index in [9.17, 15) is 0 Å². The Morgan fingerprint density at radius 3 is 0.943 bits per heavy atom. The highest BCUT2D eigenvalue weighted by Crippen LogP contribution is 2.46. The first-order valence-corrected chi connectivity index (χ1v) is 13.6. The van der Waals surface area contributed by atoms with Gasteiger partial charge < -0.3 is 0 Å². The molecule has 0 heterocycles. The Balaban J connectivity index is 3.09. The third-order valence-corrected chi connectivity index (χ3v) is 7.62. The van der Waals surface area contributed by atoms with Crippen LogP contribution in [0, 0.1) is 0 Å². The number of hydrogen-bond donors (Lipinski definition) is 0. The fourth-order valence-electron chi connectivity index (χ4n) is 4.98. The summed E-state index contributed by atoms with van der Waals surface area (Å²) in [4.78, 5) is 0. The minimum atomic E-state index is -0.134. The van der Waals surface area contributed by atoms with Gasteiger partial charge in [0.05, 0.1) is 0 Å². The largest absolute Gasteiger partial charge is 0.0561 e. The molecule has 0 fully saturated rings. The zero-order valence-corrected chi connectivity index (χ0v) is 26.4. The molecule has 0 atom stereocenters. The van der Waals surface area contributed by atoms with Gasteiger partial charge in [-0.15, -0.1) is 0 Å². The quantitative estimate of drug-likeness (QED) is 0.404. The maximum absolute atomic E-state index is 2.54. The zero-order chi connectivity index (χ0) is 27.6. The van der Waals surface area contributed by atoms with Crippen LogP contribution in [0.4, 0.5) is 0 Å². The molecule has 0 N–H and O–H groups in total. The van der Waals surface area contributed by atoms with Gasteiger partial charge in [-0.25, -0.2) is 0 Å². The molecule has 0 nitrogen and oxygen atoms in total. The van der Waals surface area contributed by atoms with Crippen LogP contribution in [0.1, 0.15) is 157 Å². The third-order valence-electron chi connectivity index (χ3n) is 7.62. The van der Waals surface area contributed by atoms with Gasteiger partial charge in [0.1, 0.15) is 0 Å². The minimum absolute atomic E-state index is 0.0418. The highest BCUT2D eigenvalue weighted by atomic mass is 14.4. The average Bonchev–Trinajstić information content (AvgIpc) is 2.63. The second-order valence-electron chi connectivity index (χ2n) is 16.6. The van der Waals surface area contributed by atoms with E-state index in [1.54, 1.807) is 0 Å². The summed E-state index contributed by atoms with van der Waals surface area (Å²) < 4.78 is 0. The van der Waals surface area contributed by atoms with Crippen LogP contribution >= 0.6 is 0 Å². The van der Waals surface area contributed by atoms with E-state index in [0.717, 1.165) is 0 Å². The molecule has 196 valence electrons. The van der Waals surface area contributed by atoms with E-state index in [1.807, 2.05) is 0 Å². The van der Waals surface area contributed by atoms with Crippen LogP contribution in [-0.2, 0) is 32.5 Å². The lowest BCUT2D eigenvalue weighted by Gasteiger charge is -2.40. The Morgan fingerprint density at radius 1 is 0.314 bits per heavy atom. The van der Waals surface area contributed by atoms with Gasteiger partial charge in [0, 0.05) is 5.41 Å². The maximum atomic E-state index is 2.54. The zero-order valence-electron chi connectivity index (χ0n) is 26.4. The van der Waals surface area contributed by atoms with Crippen molar-refractivity contribution in [1.29, 1.82) is 0 Å². The van der Waals surface area contributed by atoms with Gasteiger partial charge in [0.15, 0.2) is 0 Å². The standard InChI is InChI=1S/C35H56/c1-30(2,3)23-18-24(31(4,5)6)20-26(19-23)35(16,17)28-22-25(32(7,8)9)21-27(33(10,11)12)29(28)34(13,14)15/h18-22H,1-17H3. The third kappa shape index (κ3) is 6.42. The summed E-state index contributed by atoms with van der Waals surface area (Å²) in [5.41, 5.74) is 10.5. The molecule has 0 unspecified atom stereocenters. The Hall–Kier alpha value is -1.56. The molecule has 2 aromatic rings. The summed E-state index contributed by atoms with van der Waals surface area (Å²) in [5, 5.41) is 0. The van der Waals surface area contributed by atoms with E-state index >= 15 is 0 Å². The van der Waals surface area contributed by atoms with E-state index in [-0.39, 0.29) is 32.5 Å². The van der Waals surface area contributed by atoms with Crippen LogP contribution in [0.3, 0.4) is 0 Å². The minimum Gasteiger partial charge on any atom is -0.0561 e. The molecule has 2 aromatic carbocycles. The topological polar surface area (TPSA) is 0 Å². The number of benzene rings is 2. The monoisotopic (exact) mass is 476 g/mol. The molecule has 0 spiro atoms. The van der Waals surface area contributed by atoms with E-state index in [2.05, 4.69) is 148 Å². The summed E-state index contributed by atoms with van der Waals surface area (Å²) in [5.74, 6) is 0. The van der Waals surface area contributed by atoms with Crippen LogP contribution < -0.4 is 0 Å². The normalized spacial score (nSPS) is 14.4. The molecule has 0 radical (unpaired) electrons. The van der Waals surface area contributed by atoms with E-state index in [0.29, 0.717) is 0 Å². The lowest BCUT2D eigenvalue weighted by atomic mass is 9.64. The molecule has 0 amide bonds. The van der Waals surface area contributed by atoms with Gasteiger partial charge in [-0.2, -0.15) is 0 Å². The smallest absolute Gasteiger partial charge is 0.0149 e. The second kappa shape index (κ2) is 8.78. The van der Waals surface area contributed by atoms with Crippen molar-refractivity contribution < 1.29 is 0 Å². The van der Waals surface area contributed by atoms with Crippen molar-refractivity contribution in [2.24, 2.45) is 0 Å². The van der Waals surface area contributed by atoms with Crippen molar-refractivity contribution in [2.45, 2.75) is 150 Å². The van der Waals surface area contributed by atoms with Gasteiger partial charge in [-0.1, -0.05) is 148 Å². The van der Waals surface area contributed by atoms with Crippen molar-refractivity contribution >= 4 is 0 Å². The van der Waals surface area contributed by atoms with E-state index in [4.69, 9.17) is 0 Å². The molecule has 0 aliphatic heterocycles. The van der Waals surface area contributed by atoms with Crippen molar-refractivity contribution in [3.05, 3.63) is 69.3 Å². The van der Waals surface area contributed by atoms with Crippen LogP contribution in [0.5, 0.6) is 0 Å². The summed E-state index contributed by atoms with van der Waals surface area (Å²) in [6, 6.07) is 12.5. The first kappa shape index (κ1) is 29.7. The van der Waals surface area contributed by atoms with E-state index < -0.39 is 0 Å². The molecule has 0 saturated heterocycles. The summed E-state index contributed by atoms with van der Waals surface area (Å²) >= 11 is 0. The molecule has 0 bridgehead atoms. The van der Waals surface area contributed by atoms with Crippen molar-refractivity contribution in [2.75, 3.05) is 0 Å². The van der Waals surface area contributed by atoms with Crippen LogP contribution in [0.25, 0.3) is 0 Å². The van der Waals surface area contributed by atoms with Crippen LogP contribution in [0.2, 0.25) is 0 Å². The Kier molecular flexibility index (Phi) is 7.44. The highest BCUT2D eigenvalue weighted by molar-refractivity contribution is 5.55. The highest BCUT2D eigenvalue weighted by Gasteiger charge is 2.37. The Bertz CT molecular complexity index is 1020. The van der Waals surface area contributed by atoms with Crippen molar-refractivity contribution in [3.8, 4) is 0 Å². The lowest BCUT2D eigenvalue weighted by Crippen LogP contribution is -2.32. The first-order valence-electron chi connectivity index (χ1n) is 13.6. The lowest BCUT2D eigenvalue weighted by molar-refractivity contribution is 0.498. The number of rotatable bonds is 2. The Morgan fingerprint density at radius 2 is 0.629 bits per heavy atom. The molecule has 0 aromatic heterocycles. The molecule has 2 rings (SSSR count). The second-order valence-corrected chi connectivity index (χ2v) is 16.6.